The second-order valence-corrected chi connectivity index (χ2v) is 11.1. The number of fused-ring (bicyclic) bond motifs is 6. The smallest absolute Gasteiger partial charge is 0.136 e. The predicted octanol–water partition coefficient (Wildman–Crippen LogP) is 13.7. The van der Waals surface area contributed by atoms with Crippen LogP contribution in [-0.2, 0) is 0 Å². The van der Waals surface area contributed by atoms with Crippen molar-refractivity contribution in [1.29, 1.82) is 0 Å². The van der Waals surface area contributed by atoms with Gasteiger partial charge in [-0.15, -0.1) is 0 Å². The van der Waals surface area contributed by atoms with Crippen LogP contribution in [0.2, 0.25) is 0 Å². The Bertz CT molecular complexity index is 4030. The summed E-state index contributed by atoms with van der Waals surface area (Å²) in [4.78, 5) is 0. The van der Waals surface area contributed by atoms with Crippen molar-refractivity contribution in [1.82, 2.24) is 0 Å². The highest BCUT2D eigenvalue weighted by atomic mass is 16.3. The van der Waals surface area contributed by atoms with E-state index < -0.39 is 172 Å². The minimum atomic E-state index is -0.782. The van der Waals surface area contributed by atoms with E-state index in [1.807, 2.05) is 0 Å². The molecule has 1 nitrogen and oxygen atoms in total. The molecule has 0 N–H and O–H groups in total. The molecule has 1 heteroatoms. The van der Waals surface area contributed by atoms with Crippen LogP contribution in [0.5, 0.6) is 0 Å². The molecule has 49 heavy (non-hydrogen) atoms. The summed E-state index contributed by atoms with van der Waals surface area (Å²) in [6.07, 6.45) is 0. The maximum atomic E-state index is 9.96. The lowest BCUT2D eigenvalue weighted by Gasteiger charge is -2.19. The number of rotatable bonds is 4. The highest BCUT2D eigenvalue weighted by Gasteiger charge is 2.21. The maximum Gasteiger partial charge on any atom is 0.136 e. The van der Waals surface area contributed by atoms with Crippen molar-refractivity contribution < 1.29 is 34.6 Å². The van der Waals surface area contributed by atoms with Gasteiger partial charge in [-0.05, 0) is 107 Å². The van der Waals surface area contributed by atoms with Crippen LogP contribution in [0.3, 0.4) is 0 Å². The van der Waals surface area contributed by atoms with E-state index in [4.69, 9.17) is 29.1 Å². The van der Waals surface area contributed by atoms with Gasteiger partial charge in [0.25, 0.3) is 0 Å². The number of furan rings is 1. The molecular weight excluding hydrogens is 593 g/mol. The first kappa shape index (κ1) is 13.6. The SMILES string of the molecule is [2H]c1c([2H])c([2H])c(-c2c([2H])c([2H])c3oc4c([2H])c([2H])c([2H])c(-c5c6ccccc6c(-c6c([2H])c(-c7c([2H])c([2H])c([2H])c([2H])c7[2H])c7c([2H])c([2H])c([2H])c([2H])c7c6[2H])c6ccccc56)c4c3c2[2H])c([2H])c1[2H]. The maximum absolute atomic E-state index is 9.96. The highest BCUT2D eigenvalue weighted by Crippen LogP contribution is 2.48. The normalized spacial score (nSPS) is 18.0. The van der Waals surface area contributed by atoms with Crippen molar-refractivity contribution in [3.8, 4) is 44.5 Å². The predicted molar refractivity (Wildman–Crippen MR) is 208 cm³/mol. The fourth-order valence-electron chi connectivity index (χ4n) is 6.43. The Morgan fingerprint density at radius 1 is 0.367 bits per heavy atom. The van der Waals surface area contributed by atoms with Crippen molar-refractivity contribution in [2.75, 3.05) is 0 Å². The summed E-state index contributed by atoms with van der Waals surface area (Å²) < 4.78 is 202. The van der Waals surface area contributed by atoms with E-state index in [1.54, 1.807) is 48.5 Å². The zero-order chi connectivity index (χ0) is 51.5. The average molecular weight is 645 g/mol. The molecule has 0 atom stereocenters. The largest absolute Gasteiger partial charge is 0.456 e. The van der Waals surface area contributed by atoms with E-state index in [2.05, 4.69) is 0 Å². The van der Waals surface area contributed by atoms with Crippen LogP contribution < -0.4 is 0 Å². The molecule has 0 spiro atoms. The number of hydrogen-bond donors (Lipinski definition) is 0. The molecule has 0 radical (unpaired) electrons. The van der Waals surface area contributed by atoms with Crippen LogP contribution in [-0.4, -0.2) is 0 Å². The molecule has 0 aliphatic heterocycles. The molecule has 0 amide bonds. The molecule has 0 fully saturated rings. The molecular formula is C48H30O. The minimum Gasteiger partial charge on any atom is -0.456 e. The fraction of sp³-hybridized carbons (Fsp3) is 0. The van der Waals surface area contributed by atoms with Crippen LogP contribution in [0.1, 0.15) is 30.2 Å². The summed E-state index contributed by atoms with van der Waals surface area (Å²) in [6, 6.07) is -2.72. The van der Waals surface area contributed by atoms with Gasteiger partial charge in [0.15, 0.2) is 0 Å². The number of benzene rings is 9. The van der Waals surface area contributed by atoms with E-state index in [-0.39, 0.29) is 60.2 Å². The Morgan fingerprint density at radius 2 is 1.00 bits per heavy atom. The van der Waals surface area contributed by atoms with Gasteiger partial charge in [0.2, 0.25) is 0 Å². The van der Waals surface area contributed by atoms with Crippen LogP contribution in [0.15, 0.2) is 186 Å². The average Bonchev–Trinajstić information content (AvgIpc) is 3.76. The first-order valence-electron chi connectivity index (χ1n) is 26.1. The summed E-state index contributed by atoms with van der Waals surface area (Å²) in [7, 11) is 0. The Kier molecular flexibility index (Phi) is 3.07. The molecule has 0 saturated heterocycles. The van der Waals surface area contributed by atoms with Gasteiger partial charge in [0, 0.05) is 10.8 Å². The molecule has 0 unspecified atom stereocenters. The van der Waals surface area contributed by atoms with Crippen molar-refractivity contribution in [2.45, 2.75) is 0 Å². The fourth-order valence-corrected chi connectivity index (χ4v) is 6.43. The summed E-state index contributed by atoms with van der Waals surface area (Å²) in [5, 5.41) is -0.301. The third-order valence-corrected chi connectivity index (χ3v) is 8.44. The summed E-state index contributed by atoms with van der Waals surface area (Å²) >= 11 is 0. The summed E-state index contributed by atoms with van der Waals surface area (Å²) in [5.74, 6) is 0. The van der Waals surface area contributed by atoms with Crippen LogP contribution in [0.4, 0.5) is 0 Å². The van der Waals surface area contributed by atoms with Crippen molar-refractivity contribution in [3.05, 3.63) is 181 Å². The van der Waals surface area contributed by atoms with E-state index in [0.29, 0.717) is 0 Å². The first-order valence-corrected chi connectivity index (χ1v) is 15.1. The third-order valence-electron chi connectivity index (χ3n) is 8.44. The van der Waals surface area contributed by atoms with Gasteiger partial charge in [-0.2, -0.15) is 0 Å². The van der Waals surface area contributed by atoms with Crippen molar-refractivity contribution in [3.63, 3.8) is 0 Å². The Hall–Kier alpha value is -6.44. The third kappa shape index (κ3) is 4.40. The molecule has 0 saturated carbocycles. The first-order chi connectivity index (χ1) is 33.5. The topological polar surface area (TPSA) is 13.1 Å². The Labute approximate surface area is 315 Å². The molecule has 1 aromatic heterocycles. The van der Waals surface area contributed by atoms with Gasteiger partial charge in [0.1, 0.15) is 11.2 Å². The standard InChI is InChI=1S/C48H30O/c1-3-14-31(15-4-1)33-26-27-44-43(29-33)48-41(24-13-25-45(48)49-44)47-39-22-11-9-20-37(39)46(38-21-10-12-23-40(38)47)35-28-34-18-7-8-19-36(34)42(30-35)32-16-5-2-6-17-32/h1-30H/i1D,2D,3D,4D,5D,6D,7D,8D,13D,14D,15D,16D,17D,18D,19D,24D,25D,26D,27D,28D,29D,30D. The summed E-state index contributed by atoms with van der Waals surface area (Å²) in [5.41, 5.74) is -3.00. The lowest BCUT2D eigenvalue weighted by atomic mass is 9.83. The van der Waals surface area contributed by atoms with Gasteiger partial charge in [-0.1, -0.05) is 151 Å². The van der Waals surface area contributed by atoms with E-state index >= 15 is 0 Å². The molecule has 10 rings (SSSR count). The van der Waals surface area contributed by atoms with Crippen molar-refractivity contribution in [2.24, 2.45) is 0 Å². The second-order valence-electron chi connectivity index (χ2n) is 11.1. The van der Waals surface area contributed by atoms with Gasteiger partial charge < -0.3 is 4.42 Å². The van der Waals surface area contributed by atoms with Crippen LogP contribution in [0.25, 0.3) is 98.8 Å². The molecule has 0 aliphatic rings. The molecule has 1 heterocycles. The monoisotopic (exact) mass is 644 g/mol. The summed E-state index contributed by atoms with van der Waals surface area (Å²) in [6.45, 7) is 0. The van der Waals surface area contributed by atoms with Gasteiger partial charge >= 0.3 is 0 Å². The lowest BCUT2D eigenvalue weighted by molar-refractivity contribution is 0.669. The van der Waals surface area contributed by atoms with E-state index in [1.165, 1.54) is 0 Å². The van der Waals surface area contributed by atoms with Crippen LogP contribution in [0, 0.1) is 0 Å². The van der Waals surface area contributed by atoms with Gasteiger partial charge in [0.05, 0.1) is 30.2 Å². The molecule has 0 aliphatic carbocycles. The quantitative estimate of drug-likeness (QED) is 0.174. The number of hydrogen-bond acceptors (Lipinski definition) is 1. The lowest BCUT2D eigenvalue weighted by Crippen LogP contribution is -1.92. The van der Waals surface area contributed by atoms with Crippen molar-refractivity contribution >= 4 is 54.3 Å². The molecule has 0 bridgehead atoms. The molecule has 228 valence electrons. The molecule has 10 aromatic rings. The van der Waals surface area contributed by atoms with Crippen LogP contribution >= 0.6 is 0 Å². The zero-order valence-electron chi connectivity index (χ0n) is 47.0. The van der Waals surface area contributed by atoms with Gasteiger partial charge in [-0.3, -0.25) is 0 Å². The Morgan fingerprint density at radius 3 is 1.71 bits per heavy atom. The highest BCUT2D eigenvalue weighted by molar-refractivity contribution is 6.26. The van der Waals surface area contributed by atoms with Gasteiger partial charge in [-0.25, -0.2) is 0 Å². The van der Waals surface area contributed by atoms with E-state index in [0.717, 1.165) is 0 Å². The Balaban J connectivity index is 1.43. The zero-order valence-corrected chi connectivity index (χ0v) is 25.0. The van der Waals surface area contributed by atoms with E-state index in [9.17, 15) is 5.48 Å². The second kappa shape index (κ2) is 11.1. The minimum absolute atomic E-state index is 0.109. The molecule has 9 aromatic carbocycles.